The summed E-state index contributed by atoms with van der Waals surface area (Å²) in [7, 11) is 2.04. The van der Waals surface area contributed by atoms with Gasteiger partial charge in [0.25, 0.3) is 0 Å². The van der Waals surface area contributed by atoms with E-state index >= 15 is 0 Å². The minimum Gasteiger partial charge on any atom is -0.337 e. The Bertz CT molecular complexity index is 336. The normalized spacial score (nSPS) is 21.4. The van der Waals surface area contributed by atoms with Crippen molar-refractivity contribution < 1.29 is 0 Å². The van der Waals surface area contributed by atoms with E-state index in [2.05, 4.69) is 26.3 Å². The first-order valence-corrected chi connectivity index (χ1v) is 5.36. The lowest BCUT2D eigenvalue weighted by molar-refractivity contribution is 0.170. The Morgan fingerprint density at radius 2 is 2.50 bits per heavy atom. The smallest absolute Gasteiger partial charge is 0.127 e. The molecule has 1 aromatic heterocycles. The van der Waals surface area contributed by atoms with Gasteiger partial charge in [0.2, 0.25) is 0 Å². The molecule has 1 N–H and O–H groups in total. The molecular weight excluding hydrogens is 224 g/mol. The average Bonchev–Trinajstić information content (AvgIpc) is 2.66. The average molecular weight is 243 g/mol. The van der Waals surface area contributed by atoms with Gasteiger partial charge in [-0.3, -0.25) is 4.90 Å². The predicted molar refractivity (Wildman–Crippen MR) is 67.8 cm³/mol. The molecule has 90 valence electrons. The maximum Gasteiger partial charge on any atom is 0.127 e. The number of halogens is 1. The van der Waals surface area contributed by atoms with Crippen LogP contribution in [0.5, 0.6) is 0 Å². The van der Waals surface area contributed by atoms with E-state index in [-0.39, 0.29) is 12.4 Å². The fraction of sp³-hybridized carbons (Fsp3) is 0.545. The van der Waals surface area contributed by atoms with Crippen LogP contribution in [-0.2, 0) is 7.05 Å². The number of nitrogens with zero attached hydrogens (tertiary/aromatic N) is 3. The fourth-order valence-electron chi connectivity index (χ4n) is 2.08. The van der Waals surface area contributed by atoms with Crippen LogP contribution in [0.15, 0.2) is 25.0 Å². The Morgan fingerprint density at radius 3 is 3.12 bits per heavy atom. The van der Waals surface area contributed by atoms with Crippen LogP contribution in [0, 0.1) is 0 Å². The molecule has 1 atom stereocenters. The van der Waals surface area contributed by atoms with Gasteiger partial charge in [0, 0.05) is 45.6 Å². The third kappa shape index (κ3) is 2.64. The van der Waals surface area contributed by atoms with E-state index in [1.54, 1.807) is 0 Å². The van der Waals surface area contributed by atoms with Gasteiger partial charge in [-0.2, -0.15) is 0 Å². The molecule has 5 heteroatoms. The molecule has 1 aliphatic heterocycles. The highest BCUT2D eigenvalue weighted by atomic mass is 35.5. The maximum atomic E-state index is 4.42. The van der Waals surface area contributed by atoms with Gasteiger partial charge < -0.3 is 9.88 Å². The second kappa shape index (κ2) is 6.03. The van der Waals surface area contributed by atoms with Crippen molar-refractivity contribution in [2.24, 2.45) is 7.05 Å². The molecule has 1 unspecified atom stereocenters. The van der Waals surface area contributed by atoms with Crippen molar-refractivity contribution in [2.45, 2.75) is 6.04 Å². The van der Waals surface area contributed by atoms with Gasteiger partial charge in [0.1, 0.15) is 5.82 Å². The number of imidazole rings is 1. The third-order valence-electron chi connectivity index (χ3n) is 2.87. The second-order valence-electron chi connectivity index (χ2n) is 3.90. The number of aryl methyl sites for hydroxylation is 1. The number of rotatable bonds is 3. The largest absolute Gasteiger partial charge is 0.337 e. The first kappa shape index (κ1) is 13.2. The maximum absolute atomic E-state index is 4.42. The molecular formula is C11H19ClN4. The number of hydrogen-bond donors (Lipinski definition) is 1. The molecule has 0 spiro atoms. The Labute approximate surface area is 103 Å². The van der Waals surface area contributed by atoms with Crippen LogP contribution in [0.2, 0.25) is 0 Å². The van der Waals surface area contributed by atoms with Gasteiger partial charge in [0.05, 0.1) is 6.04 Å². The van der Waals surface area contributed by atoms with Crippen LogP contribution in [0.3, 0.4) is 0 Å². The van der Waals surface area contributed by atoms with Crippen LogP contribution in [0.4, 0.5) is 0 Å². The lowest BCUT2D eigenvalue weighted by Crippen LogP contribution is -2.46. The molecule has 4 nitrogen and oxygen atoms in total. The quantitative estimate of drug-likeness (QED) is 0.803. The SMILES string of the molecule is C=CCN1CCNCC1c1nccn1C.Cl. The summed E-state index contributed by atoms with van der Waals surface area (Å²) in [6.45, 7) is 7.81. The minimum absolute atomic E-state index is 0. The van der Waals surface area contributed by atoms with Crippen molar-refractivity contribution in [3.05, 3.63) is 30.9 Å². The zero-order valence-electron chi connectivity index (χ0n) is 9.59. The van der Waals surface area contributed by atoms with E-state index in [0.717, 1.165) is 32.0 Å². The molecule has 0 bridgehead atoms. The van der Waals surface area contributed by atoms with Gasteiger partial charge >= 0.3 is 0 Å². The van der Waals surface area contributed by atoms with Crippen molar-refractivity contribution in [3.8, 4) is 0 Å². The zero-order valence-corrected chi connectivity index (χ0v) is 10.4. The first-order valence-electron chi connectivity index (χ1n) is 5.36. The molecule has 1 aliphatic rings. The summed E-state index contributed by atoms with van der Waals surface area (Å²) < 4.78 is 2.09. The van der Waals surface area contributed by atoms with Crippen LogP contribution in [-0.4, -0.2) is 40.6 Å². The van der Waals surface area contributed by atoms with Crippen LogP contribution in [0.1, 0.15) is 11.9 Å². The Hall–Kier alpha value is -0.840. The van der Waals surface area contributed by atoms with Crippen molar-refractivity contribution in [1.29, 1.82) is 0 Å². The first-order chi connectivity index (χ1) is 7.33. The summed E-state index contributed by atoms with van der Waals surface area (Å²) in [5, 5.41) is 3.41. The van der Waals surface area contributed by atoms with Gasteiger partial charge in [-0.25, -0.2) is 4.98 Å². The van der Waals surface area contributed by atoms with E-state index in [9.17, 15) is 0 Å². The topological polar surface area (TPSA) is 33.1 Å². The molecule has 0 saturated carbocycles. The van der Waals surface area contributed by atoms with Gasteiger partial charge in [-0.15, -0.1) is 19.0 Å². The molecule has 1 aromatic rings. The summed E-state index contributed by atoms with van der Waals surface area (Å²) in [5.74, 6) is 1.13. The number of hydrogen-bond acceptors (Lipinski definition) is 3. The molecule has 0 amide bonds. The Morgan fingerprint density at radius 1 is 1.69 bits per heavy atom. The monoisotopic (exact) mass is 242 g/mol. The number of aromatic nitrogens is 2. The van der Waals surface area contributed by atoms with E-state index in [0.29, 0.717) is 6.04 Å². The second-order valence-corrected chi connectivity index (χ2v) is 3.90. The fourth-order valence-corrected chi connectivity index (χ4v) is 2.08. The van der Waals surface area contributed by atoms with Crippen molar-refractivity contribution in [1.82, 2.24) is 19.8 Å². The summed E-state index contributed by atoms with van der Waals surface area (Å²) in [4.78, 5) is 6.83. The highest BCUT2D eigenvalue weighted by Gasteiger charge is 2.25. The van der Waals surface area contributed by atoms with Gasteiger partial charge in [-0.1, -0.05) is 6.08 Å². The van der Waals surface area contributed by atoms with Crippen molar-refractivity contribution in [3.63, 3.8) is 0 Å². The molecule has 2 heterocycles. The third-order valence-corrected chi connectivity index (χ3v) is 2.87. The lowest BCUT2D eigenvalue weighted by atomic mass is 10.2. The predicted octanol–water partition coefficient (Wildman–Crippen LogP) is 0.974. The molecule has 0 aromatic carbocycles. The van der Waals surface area contributed by atoms with E-state index in [1.165, 1.54) is 0 Å². The summed E-state index contributed by atoms with van der Waals surface area (Å²) in [6, 6.07) is 0.372. The molecule has 1 saturated heterocycles. The summed E-state index contributed by atoms with van der Waals surface area (Å²) in [5.41, 5.74) is 0. The van der Waals surface area contributed by atoms with E-state index in [1.807, 2.05) is 25.5 Å². The van der Waals surface area contributed by atoms with Gasteiger partial charge in [-0.05, 0) is 0 Å². The minimum atomic E-state index is 0. The summed E-state index contributed by atoms with van der Waals surface area (Å²) >= 11 is 0. The number of piperazine rings is 1. The van der Waals surface area contributed by atoms with Crippen molar-refractivity contribution >= 4 is 12.4 Å². The van der Waals surface area contributed by atoms with Crippen LogP contribution >= 0.6 is 12.4 Å². The molecule has 2 rings (SSSR count). The molecule has 16 heavy (non-hydrogen) atoms. The van der Waals surface area contributed by atoms with Crippen molar-refractivity contribution in [2.75, 3.05) is 26.2 Å². The summed E-state index contributed by atoms with van der Waals surface area (Å²) in [6.07, 6.45) is 5.81. The van der Waals surface area contributed by atoms with Crippen LogP contribution < -0.4 is 5.32 Å². The highest BCUT2D eigenvalue weighted by Crippen LogP contribution is 2.19. The lowest BCUT2D eigenvalue weighted by Gasteiger charge is -2.34. The zero-order chi connectivity index (χ0) is 10.7. The highest BCUT2D eigenvalue weighted by molar-refractivity contribution is 5.85. The molecule has 0 aliphatic carbocycles. The standard InChI is InChI=1S/C11H18N4.ClH/c1-3-6-15-8-4-12-9-10(15)11-13-5-7-14(11)2;/h3,5,7,10,12H,1,4,6,8-9H2,2H3;1H. The van der Waals surface area contributed by atoms with E-state index < -0.39 is 0 Å². The number of nitrogens with one attached hydrogen (secondary N) is 1. The molecule has 0 radical (unpaired) electrons. The Balaban J connectivity index is 0.00000128. The van der Waals surface area contributed by atoms with E-state index in [4.69, 9.17) is 0 Å². The molecule has 1 fully saturated rings. The Kier molecular flexibility index (Phi) is 4.99. The van der Waals surface area contributed by atoms with Gasteiger partial charge in [0.15, 0.2) is 0 Å². The van der Waals surface area contributed by atoms with Crippen LogP contribution in [0.25, 0.3) is 0 Å².